The van der Waals surface area contributed by atoms with Crippen LogP contribution in [0.15, 0.2) is 66.9 Å². The summed E-state index contributed by atoms with van der Waals surface area (Å²) in [5.41, 5.74) is 0.802. The summed E-state index contributed by atoms with van der Waals surface area (Å²) in [6.07, 6.45) is 1.48. The Morgan fingerprint density at radius 2 is 1.92 bits per heavy atom. The van der Waals surface area contributed by atoms with Crippen LogP contribution in [0.3, 0.4) is 0 Å². The summed E-state index contributed by atoms with van der Waals surface area (Å²) >= 11 is 0. The van der Waals surface area contributed by atoms with Gasteiger partial charge >= 0.3 is 0 Å². The van der Waals surface area contributed by atoms with E-state index < -0.39 is 17.6 Å². The van der Waals surface area contributed by atoms with Crippen LogP contribution in [0, 0.1) is 11.8 Å². The van der Waals surface area contributed by atoms with Gasteiger partial charge in [0.25, 0.3) is 11.8 Å². The maximum atomic E-state index is 13.2. The van der Waals surface area contributed by atoms with E-state index >= 15 is 0 Å². The molecule has 1 N–H and O–H groups in total. The molecule has 0 aliphatic carbocycles. The van der Waals surface area contributed by atoms with E-state index in [9.17, 15) is 9.59 Å². The number of amides is 2. The number of para-hydroxylation sites is 1. The summed E-state index contributed by atoms with van der Waals surface area (Å²) in [5, 5.41) is 2.73. The van der Waals surface area contributed by atoms with Crippen molar-refractivity contribution in [2.75, 3.05) is 25.7 Å². The van der Waals surface area contributed by atoms with E-state index in [4.69, 9.17) is 14.2 Å². The van der Waals surface area contributed by atoms with Crippen LogP contribution in [0.5, 0.6) is 17.2 Å². The van der Waals surface area contributed by atoms with E-state index in [0.29, 0.717) is 28.5 Å². The molecule has 0 spiro atoms. The van der Waals surface area contributed by atoms with Gasteiger partial charge in [-0.2, -0.15) is 0 Å². The Labute approximate surface area is 210 Å². The van der Waals surface area contributed by atoms with Crippen LogP contribution in [-0.2, 0) is 9.53 Å². The quantitative estimate of drug-likeness (QED) is 0.553. The number of carbonyl (C=O) groups is 2. The van der Waals surface area contributed by atoms with Crippen LogP contribution in [-0.4, -0.2) is 49.2 Å². The summed E-state index contributed by atoms with van der Waals surface area (Å²) in [4.78, 5) is 31.7. The monoisotopic (exact) mass is 485 g/mol. The number of hydrogen-bond donors (Lipinski definition) is 1. The number of carbonyl (C=O) groups excluding carboxylic acids is 2. The molecule has 2 heterocycles. The van der Waals surface area contributed by atoms with Crippen molar-refractivity contribution in [2.24, 2.45) is 0 Å². The van der Waals surface area contributed by atoms with E-state index in [2.05, 4.69) is 22.1 Å². The normalized spacial score (nSPS) is 15.1. The SMILES string of the molecule is COC(C)(C)C#Cc1ccc2c(c1)N(C)C(=O)[C@@H](NC(=O)c1cc(Oc3ccccc3)ccn1)CO2. The first-order chi connectivity index (χ1) is 17.3. The van der Waals surface area contributed by atoms with Crippen molar-refractivity contribution in [2.45, 2.75) is 25.5 Å². The molecule has 0 saturated heterocycles. The highest BCUT2D eigenvalue weighted by atomic mass is 16.5. The minimum absolute atomic E-state index is 0.0240. The van der Waals surface area contributed by atoms with Crippen LogP contribution in [0.1, 0.15) is 29.9 Å². The molecule has 1 atom stereocenters. The third kappa shape index (κ3) is 5.82. The predicted octanol–water partition coefficient (Wildman–Crippen LogP) is 3.80. The van der Waals surface area contributed by atoms with Crippen molar-refractivity contribution in [3.63, 3.8) is 0 Å². The zero-order valence-electron chi connectivity index (χ0n) is 20.6. The molecule has 8 heteroatoms. The lowest BCUT2D eigenvalue weighted by molar-refractivity contribution is -0.120. The number of nitrogens with one attached hydrogen (secondary N) is 1. The molecule has 2 aromatic carbocycles. The second-order valence-electron chi connectivity index (χ2n) is 8.67. The predicted molar refractivity (Wildman–Crippen MR) is 135 cm³/mol. The van der Waals surface area contributed by atoms with Gasteiger partial charge < -0.3 is 24.4 Å². The maximum Gasteiger partial charge on any atom is 0.270 e. The summed E-state index contributed by atoms with van der Waals surface area (Å²) in [7, 11) is 3.24. The fourth-order valence-electron chi connectivity index (χ4n) is 3.41. The third-order valence-electron chi connectivity index (χ3n) is 5.62. The largest absolute Gasteiger partial charge is 0.489 e. The molecule has 4 rings (SSSR count). The Morgan fingerprint density at radius 1 is 1.14 bits per heavy atom. The van der Waals surface area contributed by atoms with Crippen LogP contribution in [0.4, 0.5) is 5.69 Å². The van der Waals surface area contributed by atoms with Crippen molar-refractivity contribution in [3.8, 4) is 29.1 Å². The van der Waals surface area contributed by atoms with Crippen molar-refractivity contribution in [1.82, 2.24) is 10.3 Å². The van der Waals surface area contributed by atoms with Gasteiger partial charge in [0, 0.05) is 32.0 Å². The molecular formula is C28H27N3O5. The molecule has 1 aliphatic heterocycles. The van der Waals surface area contributed by atoms with Gasteiger partial charge in [0.15, 0.2) is 0 Å². The summed E-state index contributed by atoms with van der Waals surface area (Å²) < 4.78 is 17.0. The molecule has 0 unspecified atom stereocenters. The lowest BCUT2D eigenvalue weighted by Gasteiger charge is -2.20. The Bertz CT molecular complexity index is 1330. The second kappa shape index (κ2) is 10.5. The van der Waals surface area contributed by atoms with Gasteiger partial charge in [0.05, 0.1) is 5.69 Å². The number of methoxy groups -OCH3 is 1. The number of rotatable bonds is 5. The van der Waals surface area contributed by atoms with Crippen LogP contribution in [0.2, 0.25) is 0 Å². The number of benzene rings is 2. The van der Waals surface area contributed by atoms with Gasteiger partial charge in [-0.25, -0.2) is 0 Å². The van der Waals surface area contributed by atoms with E-state index in [1.165, 1.54) is 17.2 Å². The molecule has 0 bridgehead atoms. The first-order valence-corrected chi connectivity index (χ1v) is 11.4. The van der Waals surface area contributed by atoms with Crippen molar-refractivity contribution in [3.05, 3.63) is 78.1 Å². The zero-order chi connectivity index (χ0) is 25.7. The number of aromatic nitrogens is 1. The number of fused-ring (bicyclic) bond motifs is 1. The van der Waals surface area contributed by atoms with Crippen molar-refractivity contribution in [1.29, 1.82) is 0 Å². The number of ether oxygens (including phenoxy) is 3. The molecular weight excluding hydrogens is 458 g/mol. The second-order valence-corrected chi connectivity index (χ2v) is 8.67. The smallest absolute Gasteiger partial charge is 0.270 e. The molecule has 0 radical (unpaired) electrons. The highest BCUT2D eigenvalue weighted by molar-refractivity contribution is 6.03. The highest BCUT2D eigenvalue weighted by Crippen LogP contribution is 2.31. The summed E-state index contributed by atoms with van der Waals surface area (Å²) in [6, 6.07) is 16.8. The van der Waals surface area contributed by atoms with E-state index in [1.807, 2.05) is 50.2 Å². The standard InChI is InChI=1S/C28H27N3O5/c1-28(2,34-4)14-12-19-10-11-25-24(16-19)31(3)27(33)23(18-35-25)30-26(32)22-17-21(13-15-29-22)36-20-8-6-5-7-9-20/h5-11,13,15-17,23H,18H2,1-4H3,(H,30,32)/t23-/m0/s1. The van der Waals surface area contributed by atoms with E-state index in [0.717, 1.165) is 0 Å². The lowest BCUT2D eigenvalue weighted by atomic mass is 10.1. The van der Waals surface area contributed by atoms with Gasteiger partial charge in [-0.15, -0.1) is 0 Å². The van der Waals surface area contributed by atoms with Gasteiger partial charge in [-0.3, -0.25) is 14.6 Å². The average molecular weight is 486 g/mol. The molecule has 0 fully saturated rings. The fourth-order valence-corrected chi connectivity index (χ4v) is 3.41. The van der Waals surface area contributed by atoms with Crippen LogP contribution in [0.25, 0.3) is 0 Å². The van der Waals surface area contributed by atoms with Crippen LogP contribution < -0.4 is 19.7 Å². The van der Waals surface area contributed by atoms with Gasteiger partial charge in [0.1, 0.15) is 41.2 Å². The van der Waals surface area contributed by atoms with Crippen molar-refractivity contribution < 1.29 is 23.8 Å². The molecule has 1 aromatic heterocycles. The van der Waals surface area contributed by atoms with Gasteiger partial charge in [0.2, 0.25) is 0 Å². The third-order valence-corrected chi connectivity index (χ3v) is 5.62. The molecule has 8 nitrogen and oxygen atoms in total. The van der Waals surface area contributed by atoms with Gasteiger partial charge in [-0.05, 0) is 50.2 Å². The molecule has 184 valence electrons. The molecule has 0 saturated carbocycles. The topological polar surface area (TPSA) is 90.0 Å². The average Bonchev–Trinajstić information content (AvgIpc) is 3.00. The summed E-state index contributed by atoms with van der Waals surface area (Å²) in [5.74, 6) is 6.91. The van der Waals surface area contributed by atoms with E-state index in [-0.39, 0.29) is 18.2 Å². The Morgan fingerprint density at radius 3 is 2.67 bits per heavy atom. The minimum Gasteiger partial charge on any atom is -0.489 e. The van der Waals surface area contributed by atoms with E-state index in [1.54, 1.807) is 32.4 Å². The number of anilines is 1. The number of pyridine rings is 1. The number of nitrogens with zero attached hydrogens (tertiary/aromatic N) is 2. The Balaban J connectivity index is 1.48. The molecule has 1 aliphatic rings. The molecule has 3 aromatic rings. The lowest BCUT2D eigenvalue weighted by Crippen LogP contribution is -2.49. The molecule has 36 heavy (non-hydrogen) atoms. The zero-order valence-corrected chi connectivity index (χ0v) is 20.6. The number of hydrogen-bond acceptors (Lipinski definition) is 6. The Kier molecular flexibility index (Phi) is 7.23. The number of likely N-dealkylation sites (N-methyl/N-ethyl adjacent to an activating group) is 1. The fraction of sp³-hybridized carbons (Fsp3) is 0.250. The highest BCUT2D eigenvalue weighted by Gasteiger charge is 2.31. The first kappa shape index (κ1) is 24.8. The van der Waals surface area contributed by atoms with Gasteiger partial charge in [-0.1, -0.05) is 30.0 Å². The summed E-state index contributed by atoms with van der Waals surface area (Å²) in [6.45, 7) is 3.71. The van der Waals surface area contributed by atoms with Crippen molar-refractivity contribution >= 4 is 17.5 Å². The Hall–Kier alpha value is -4.35. The maximum absolute atomic E-state index is 13.2. The minimum atomic E-state index is -0.905. The van der Waals surface area contributed by atoms with Crippen LogP contribution >= 0.6 is 0 Å². The first-order valence-electron chi connectivity index (χ1n) is 11.4. The molecule has 2 amide bonds.